The van der Waals surface area contributed by atoms with Gasteiger partial charge in [0.1, 0.15) is 0 Å². The molecule has 1 nitrogen and oxygen atoms in total. The third kappa shape index (κ3) is 6.13. The van der Waals surface area contributed by atoms with Crippen LogP contribution in [0.5, 0.6) is 0 Å². The minimum atomic E-state index is 1.12. The van der Waals surface area contributed by atoms with E-state index in [1.165, 1.54) is 107 Å². The first-order valence-electron chi connectivity index (χ1n) is 20.7. The molecular weight excluding hydrogens is 775 g/mol. The highest BCUT2D eigenvalue weighted by atomic mass is 32.1. The zero-order valence-corrected chi connectivity index (χ0v) is 34.8. The van der Waals surface area contributed by atoms with Crippen LogP contribution in [0.4, 0.5) is 17.1 Å². The molecule has 0 aliphatic rings. The zero-order chi connectivity index (χ0) is 40.3. The van der Waals surface area contributed by atoms with Gasteiger partial charge in [0.25, 0.3) is 0 Å². The second-order valence-corrected chi connectivity index (χ2v) is 17.8. The highest BCUT2D eigenvalue weighted by molar-refractivity contribution is 7.26. The van der Waals surface area contributed by atoms with Crippen LogP contribution in [0.2, 0.25) is 0 Å². The van der Waals surface area contributed by atoms with Gasteiger partial charge in [-0.15, -0.1) is 22.7 Å². The van der Waals surface area contributed by atoms with Gasteiger partial charge in [-0.2, -0.15) is 0 Å². The highest BCUT2D eigenvalue weighted by Gasteiger charge is 2.24. The molecule has 286 valence electrons. The summed E-state index contributed by atoms with van der Waals surface area (Å²) in [6.45, 7) is 0. The van der Waals surface area contributed by atoms with Crippen LogP contribution in [0, 0.1) is 0 Å². The maximum Gasteiger partial charge on any atom is 0.0555 e. The van der Waals surface area contributed by atoms with E-state index in [2.05, 4.69) is 229 Å². The number of hydrogen-bond donors (Lipinski definition) is 0. The quantitative estimate of drug-likeness (QED) is 0.155. The lowest BCUT2D eigenvalue weighted by Crippen LogP contribution is -2.11. The molecule has 0 saturated heterocycles. The third-order valence-electron chi connectivity index (χ3n) is 12.1. The first-order valence-corrected chi connectivity index (χ1v) is 22.4. The Morgan fingerprint density at radius 1 is 0.295 bits per heavy atom. The Hall–Kier alpha value is -7.30. The predicted octanol–water partition coefficient (Wildman–Crippen LogP) is 17.7. The van der Waals surface area contributed by atoms with Crippen LogP contribution in [0.25, 0.3) is 95.6 Å². The second kappa shape index (κ2) is 14.8. The number of fused-ring (bicyclic) bond motifs is 7. The van der Waals surface area contributed by atoms with Crippen LogP contribution < -0.4 is 4.90 Å². The van der Waals surface area contributed by atoms with Crippen LogP contribution in [0.15, 0.2) is 224 Å². The molecule has 0 aliphatic heterocycles. The summed E-state index contributed by atoms with van der Waals surface area (Å²) >= 11 is 3.76. The SMILES string of the molecule is c1ccc(-c2ccc3c(c2)sc2cccc(N(c4ccc(-c5ccc(-c6cccc7ccccc67)cc5)cc4)c4ccc(-c5ccccc5)c5sc6ccccc6c45)c23)cc1. The summed E-state index contributed by atoms with van der Waals surface area (Å²) in [5.74, 6) is 0. The van der Waals surface area contributed by atoms with Crippen molar-refractivity contribution in [3.8, 4) is 44.5 Å². The molecule has 0 radical (unpaired) electrons. The molecule has 0 amide bonds. The highest BCUT2D eigenvalue weighted by Crippen LogP contribution is 2.51. The lowest BCUT2D eigenvalue weighted by Gasteiger charge is -2.28. The van der Waals surface area contributed by atoms with Crippen LogP contribution in [0.1, 0.15) is 0 Å². The minimum absolute atomic E-state index is 1.12. The van der Waals surface area contributed by atoms with E-state index in [1.54, 1.807) is 0 Å². The lowest BCUT2D eigenvalue weighted by molar-refractivity contribution is 1.32. The van der Waals surface area contributed by atoms with Gasteiger partial charge in [0.05, 0.1) is 11.4 Å². The van der Waals surface area contributed by atoms with Crippen molar-refractivity contribution in [3.05, 3.63) is 224 Å². The van der Waals surface area contributed by atoms with Crippen LogP contribution in [-0.2, 0) is 0 Å². The minimum Gasteiger partial charge on any atom is -0.309 e. The fourth-order valence-electron chi connectivity index (χ4n) is 9.18. The fourth-order valence-corrected chi connectivity index (χ4v) is 11.6. The molecule has 0 atom stereocenters. The molecule has 0 fully saturated rings. The third-order valence-corrected chi connectivity index (χ3v) is 14.4. The molecule has 0 spiro atoms. The molecule has 0 unspecified atom stereocenters. The smallest absolute Gasteiger partial charge is 0.0555 e. The number of nitrogens with zero attached hydrogens (tertiary/aromatic N) is 1. The van der Waals surface area contributed by atoms with Gasteiger partial charge in [0.2, 0.25) is 0 Å². The summed E-state index contributed by atoms with van der Waals surface area (Å²) in [5, 5.41) is 7.63. The van der Waals surface area contributed by atoms with Gasteiger partial charge in [-0.3, -0.25) is 0 Å². The summed E-state index contributed by atoms with van der Waals surface area (Å²) in [6.07, 6.45) is 0. The van der Waals surface area contributed by atoms with Gasteiger partial charge in [-0.1, -0.05) is 182 Å². The van der Waals surface area contributed by atoms with E-state index in [9.17, 15) is 0 Å². The molecule has 0 aliphatic carbocycles. The van der Waals surface area contributed by atoms with Crippen molar-refractivity contribution >= 4 is 90.9 Å². The fraction of sp³-hybridized carbons (Fsp3) is 0. The Kier molecular flexibility index (Phi) is 8.62. The Balaban J connectivity index is 1.04. The molecule has 0 bridgehead atoms. The van der Waals surface area contributed by atoms with Crippen molar-refractivity contribution in [1.82, 2.24) is 0 Å². The number of rotatable bonds is 7. The topological polar surface area (TPSA) is 3.24 Å². The van der Waals surface area contributed by atoms with Crippen molar-refractivity contribution < 1.29 is 0 Å². The zero-order valence-electron chi connectivity index (χ0n) is 33.1. The van der Waals surface area contributed by atoms with E-state index < -0.39 is 0 Å². The predicted molar refractivity (Wildman–Crippen MR) is 266 cm³/mol. The second-order valence-electron chi connectivity index (χ2n) is 15.6. The van der Waals surface area contributed by atoms with E-state index in [1.807, 2.05) is 22.7 Å². The summed E-state index contributed by atoms with van der Waals surface area (Å²) in [7, 11) is 0. The van der Waals surface area contributed by atoms with Crippen molar-refractivity contribution in [3.63, 3.8) is 0 Å². The van der Waals surface area contributed by atoms with Gasteiger partial charge in [0, 0.05) is 46.0 Å². The Morgan fingerprint density at radius 2 is 0.852 bits per heavy atom. The molecule has 10 aromatic carbocycles. The summed E-state index contributed by atoms with van der Waals surface area (Å²) in [5.41, 5.74) is 13.3. The molecular formula is C58H37NS2. The molecule has 3 heteroatoms. The molecule has 0 saturated carbocycles. The van der Waals surface area contributed by atoms with Crippen molar-refractivity contribution in [2.24, 2.45) is 0 Å². The summed E-state index contributed by atoms with van der Waals surface area (Å²) in [4.78, 5) is 2.52. The van der Waals surface area contributed by atoms with Gasteiger partial charge in [-0.05, 0) is 97.7 Å². The van der Waals surface area contributed by atoms with Gasteiger partial charge >= 0.3 is 0 Å². The van der Waals surface area contributed by atoms with E-state index in [0.29, 0.717) is 0 Å². The van der Waals surface area contributed by atoms with Gasteiger partial charge in [0.15, 0.2) is 0 Å². The Bertz CT molecular complexity index is 3560. The summed E-state index contributed by atoms with van der Waals surface area (Å²) in [6, 6.07) is 82.3. The van der Waals surface area contributed by atoms with Crippen LogP contribution in [-0.4, -0.2) is 0 Å². The largest absolute Gasteiger partial charge is 0.309 e. The summed E-state index contributed by atoms with van der Waals surface area (Å²) < 4.78 is 5.15. The average Bonchev–Trinajstić information content (AvgIpc) is 3.92. The average molecular weight is 812 g/mol. The van der Waals surface area contributed by atoms with E-state index in [-0.39, 0.29) is 0 Å². The normalized spacial score (nSPS) is 11.6. The van der Waals surface area contributed by atoms with Crippen molar-refractivity contribution in [2.45, 2.75) is 0 Å². The number of benzene rings is 10. The number of anilines is 3. The lowest BCUT2D eigenvalue weighted by atomic mass is 9.96. The maximum absolute atomic E-state index is 2.52. The van der Waals surface area contributed by atoms with Crippen molar-refractivity contribution in [1.29, 1.82) is 0 Å². The molecule has 61 heavy (non-hydrogen) atoms. The van der Waals surface area contributed by atoms with Crippen LogP contribution in [0.3, 0.4) is 0 Å². The Labute approximate surface area is 362 Å². The monoisotopic (exact) mass is 811 g/mol. The van der Waals surface area contributed by atoms with Crippen LogP contribution >= 0.6 is 22.7 Å². The van der Waals surface area contributed by atoms with E-state index in [0.717, 1.165) is 5.69 Å². The standard InChI is InChI=1S/C58H37NS2/c1-3-13-38(14-4-1)44-31-34-50-55(37-44)60-54-24-12-22-51(56(50)54)59(52-36-35-48(42-15-5-2-6-16-42)58-57(52)49-20-9-10-23-53(49)61-58)45-32-29-40(30-33-45)39-25-27-43(28-26-39)47-21-11-18-41-17-7-8-19-46(41)47/h1-37H. The molecule has 2 heterocycles. The maximum atomic E-state index is 2.52. The van der Waals surface area contributed by atoms with Crippen molar-refractivity contribution in [2.75, 3.05) is 4.90 Å². The number of hydrogen-bond acceptors (Lipinski definition) is 3. The number of thiophene rings is 2. The van der Waals surface area contributed by atoms with E-state index >= 15 is 0 Å². The Morgan fingerprint density at radius 3 is 1.66 bits per heavy atom. The van der Waals surface area contributed by atoms with Gasteiger partial charge in [-0.25, -0.2) is 0 Å². The first kappa shape index (κ1) is 35.6. The molecule has 0 N–H and O–H groups in total. The molecule has 12 rings (SSSR count). The van der Waals surface area contributed by atoms with Gasteiger partial charge < -0.3 is 4.90 Å². The molecule has 12 aromatic rings. The first-order chi connectivity index (χ1) is 30.2. The molecule has 2 aromatic heterocycles. The van der Waals surface area contributed by atoms with E-state index in [4.69, 9.17) is 0 Å².